The molecule has 2 rings (SSSR count). The zero-order chi connectivity index (χ0) is 24.8. The fourth-order valence-corrected chi connectivity index (χ4v) is 3.30. The lowest BCUT2D eigenvalue weighted by molar-refractivity contribution is -0.112. The van der Waals surface area contributed by atoms with Crippen LogP contribution in [0.25, 0.3) is 0 Å². The van der Waals surface area contributed by atoms with Gasteiger partial charge in [0.15, 0.2) is 0 Å². The van der Waals surface area contributed by atoms with Crippen molar-refractivity contribution in [2.75, 3.05) is 5.32 Å². The molecule has 0 aliphatic carbocycles. The predicted molar refractivity (Wildman–Crippen MR) is 119 cm³/mol. The Hall–Kier alpha value is -3.54. The van der Waals surface area contributed by atoms with Crippen LogP contribution in [-0.4, -0.2) is 47.2 Å². The summed E-state index contributed by atoms with van der Waals surface area (Å²) in [6, 6.07) is 5.60. The van der Waals surface area contributed by atoms with Crippen LogP contribution in [0.1, 0.15) is 38.2 Å². The Labute approximate surface area is 190 Å². The Morgan fingerprint density at radius 2 is 1.91 bits per heavy atom. The number of sulfone groups is 1. The van der Waals surface area contributed by atoms with Crippen LogP contribution in [0.15, 0.2) is 64.5 Å². The number of benzene rings is 1. The number of halogens is 2. The van der Waals surface area contributed by atoms with Crippen molar-refractivity contribution in [2.45, 2.75) is 43.9 Å². The van der Waals surface area contributed by atoms with E-state index >= 15 is 0 Å². The topological polar surface area (TPSA) is 130 Å². The van der Waals surface area contributed by atoms with E-state index in [1.807, 2.05) is 0 Å². The van der Waals surface area contributed by atoms with Crippen LogP contribution in [0.2, 0.25) is 0 Å². The molecule has 12 heteroatoms. The maximum Gasteiger partial charge on any atom is 0.347 e. The standard InChI is InChI=1S/C21H23F2N5O4S/c1-13(11-25-14(2)15(3)27-20(30)18-8-9-24-12-26-18)19(29)28-16-6-5-7-17(10-16)33(31,32)21(4,22)23/h5-12,15H,1-4H3,(H,27,30)(H,28,29)/b13-11+,25-14?. The third-order valence-corrected chi connectivity index (χ3v) is 6.30. The van der Waals surface area contributed by atoms with Crippen molar-refractivity contribution in [3.63, 3.8) is 0 Å². The normalized spacial score (nSPS) is 13.9. The molecule has 2 amide bonds. The SMILES string of the molecule is CC(=N/C=C(\C)C(=O)Nc1cccc(S(=O)(=O)C(C)(F)F)c1)C(C)NC(=O)c1ccncn1. The number of aliphatic imine (C=N–C) groups is 1. The van der Waals surface area contributed by atoms with Gasteiger partial charge in [0, 0.05) is 36.3 Å². The lowest BCUT2D eigenvalue weighted by Crippen LogP contribution is -2.37. The summed E-state index contributed by atoms with van der Waals surface area (Å²) in [5, 5.41) is 1.19. The van der Waals surface area contributed by atoms with Crippen molar-refractivity contribution in [2.24, 2.45) is 4.99 Å². The number of nitrogens with zero attached hydrogens (tertiary/aromatic N) is 3. The molecule has 0 radical (unpaired) electrons. The molecule has 1 aromatic heterocycles. The van der Waals surface area contributed by atoms with Gasteiger partial charge in [-0.05, 0) is 45.0 Å². The Balaban J connectivity index is 2.07. The Kier molecular flexibility index (Phi) is 8.09. The van der Waals surface area contributed by atoms with Gasteiger partial charge in [0.2, 0.25) is 9.84 Å². The predicted octanol–water partition coefficient (Wildman–Crippen LogP) is 2.98. The number of hydrogen-bond donors (Lipinski definition) is 2. The Bertz CT molecular complexity index is 1190. The van der Waals surface area contributed by atoms with E-state index in [0.29, 0.717) is 5.71 Å². The summed E-state index contributed by atoms with van der Waals surface area (Å²) in [6.45, 7) is 5.12. The highest BCUT2D eigenvalue weighted by atomic mass is 32.2. The van der Waals surface area contributed by atoms with Gasteiger partial charge in [-0.25, -0.2) is 18.4 Å². The van der Waals surface area contributed by atoms with Gasteiger partial charge in [-0.3, -0.25) is 14.6 Å². The van der Waals surface area contributed by atoms with Gasteiger partial charge in [0.25, 0.3) is 11.8 Å². The molecule has 176 valence electrons. The van der Waals surface area contributed by atoms with Crippen molar-refractivity contribution >= 4 is 33.1 Å². The molecular weight excluding hydrogens is 456 g/mol. The smallest absolute Gasteiger partial charge is 0.343 e. The molecule has 9 nitrogen and oxygen atoms in total. The summed E-state index contributed by atoms with van der Waals surface area (Å²) in [5.41, 5.74) is 0.894. The third-order valence-electron chi connectivity index (χ3n) is 4.48. The minimum Gasteiger partial charge on any atom is -0.343 e. The van der Waals surface area contributed by atoms with Gasteiger partial charge in [-0.15, -0.1) is 0 Å². The molecule has 1 unspecified atom stereocenters. The van der Waals surface area contributed by atoms with E-state index in [1.54, 1.807) is 13.8 Å². The van der Waals surface area contributed by atoms with E-state index in [0.717, 1.165) is 12.1 Å². The number of carbonyl (C=O) groups is 2. The number of rotatable bonds is 8. The molecule has 0 aliphatic heterocycles. The van der Waals surface area contributed by atoms with Crippen LogP contribution in [0.3, 0.4) is 0 Å². The first-order valence-corrected chi connectivity index (χ1v) is 11.1. The number of anilines is 1. The molecule has 0 aliphatic rings. The second kappa shape index (κ2) is 10.4. The van der Waals surface area contributed by atoms with E-state index in [9.17, 15) is 26.8 Å². The lowest BCUT2D eigenvalue weighted by Gasteiger charge is -2.13. The highest BCUT2D eigenvalue weighted by Crippen LogP contribution is 2.29. The number of nitrogens with one attached hydrogen (secondary N) is 2. The first-order valence-electron chi connectivity index (χ1n) is 9.64. The fourth-order valence-electron chi connectivity index (χ4n) is 2.35. The lowest BCUT2D eigenvalue weighted by atomic mass is 10.2. The summed E-state index contributed by atoms with van der Waals surface area (Å²) < 4.78 is 50.6. The quantitative estimate of drug-likeness (QED) is 0.442. The monoisotopic (exact) mass is 479 g/mol. The third kappa shape index (κ3) is 6.72. The highest BCUT2D eigenvalue weighted by Gasteiger charge is 2.40. The van der Waals surface area contributed by atoms with E-state index in [2.05, 4.69) is 25.6 Å². The van der Waals surface area contributed by atoms with E-state index in [4.69, 9.17) is 0 Å². The summed E-state index contributed by atoms with van der Waals surface area (Å²) in [5.74, 6) is -1.02. The van der Waals surface area contributed by atoms with Crippen LogP contribution in [-0.2, 0) is 14.6 Å². The molecule has 1 heterocycles. The van der Waals surface area contributed by atoms with Crippen molar-refractivity contribution in [1.82, 2.24) is 15.3 Å². The molecule has 0 saturated heterocycles. The molecule has 1 aromatic carbocycles. The Morgan fingerprint density at radius 1 is 1.21 bits per heavy atom. The summed E-state index contributed by atoms with van der Waals surface area (Å²) in [4.78, 5) is 35.7. The molecule has 33 heavy (non-hydrogen) atoms. The van der Waals surface area contributed by atoms with Gasteiger partial charge < -0.3 is 10.6 Å². The fraction of sp³-hybridized carbons (Fsp3) is 0.286. The summed E-state index contributed by atoms with van der Waals surface area (Å²) >= 11 is 0. The van der Waals surface area contributed by atoms with Gasteiger partial charge in [-0.1, -0.05) is 6.07 Å². The van der Waals surface area contributed by atoms with Gasteiger partial charge in [0.05, 0.1) is 10.9 Å². The van der Waals surface area contributed by atoms with Crippen molar-refractivity contribution in [3.8, 4) is 0 Å². The number of hydrogen-bond acceptors (Lipinski definition) is 7. The molecule has 0 fully saturated rings. The second-order valence-corrected chi connectivity index (χ2v) is 9.36. The molecule has 0 bridgehead atoms. The molecule has 0 spiro atoms. The number of carbonyl (C=O) groups excluding carboxylic acids is 2. The van der Waals surface area contributed by atoms with E-state index < -0.39 is 37.8 Å². The van der Waals surface area contributed by atoms with Crippen molar-refractivity contribution < 1.29 is 26.8 Å². The zero-order valence-electron chi connectivity index (χ0n) is 18.3. The molecule has 2 aromatic rings. The van der Waals surface area contributed by atoms with Crippen LogP contribution in [0.4, 0.5) is 14.5 Å². The first kappa shape index (κ1) is 25.7. The minimum atomic E-state index is -4.88. The number of alkyl halides is 2. The van der Waals surface area contributed by atoms with Crippen molar-refractivity contribution in [3.05, 3.63) is 60.3 Å². The zero-order valence-corrected chi connectivity index (χ0v) is 19.2. The van der Waals surface area contributed by atoms with E-state index in [-0.39, 0.29) is 23.9 Å². The minimum absolute atomic E-state index is 0.0317. The average molecular weight is 480 g/mol. The number of aromatic nitrogens is 2. The van der Waals surface area contributed by atoms with Crippen LogP contribution >= 0.6 is 0 Å². The Morgan fingerprint density at radius 3 is 2.52 bits per heavy atom. The van der Waals surface area contributed by atoms with Gasteiger partial charge >= 0.3 is 5.25 Å². The molecule has 2 N–H and O–H groups in total. The second-order valence-electron chi connectivity index (χ2n) is 7.17. The maximum atomic E-state index is 13.4. The van der Waals surface area contributed by atoms with Crippen LogP contribution < -0.4 is 10.6 Å². The summed E-state index contributed by atoms with van der Waals surface area (Å²) in [6.07, 6.45) is 3.97. The first-order chi connectivity index (χ1) is 15.3. The largest absolute Gasteiger partial charge is 0.347 e. The van der Waals surface area contributed by atoms with Crippen LogP contribution in [0, 0.1) is 0 Å². The summed E-state index contributed by atoms with van der Waals surface area (Å²) in [7, 11) is -4.88. The van der Waals surface area contributed by atoms with E-state index in [1.165, 1.54) is 43.8 Å². The van der Waals surface area contributed by atoms with Crippen LogP contribution in [0.5, 0.6) is 0 Å². The highest BCUT2D eigenvalue weighted by molar-refractivity contribution is 7.92. The molecular formula is C21H23F2N5O4S. The molecule has 0 saturated carbocycles. The van der Waals surface area contributed by atoms with Gasteiger partial charge in [0.1, 0.15) is 12.0 Å². The average Bonchev–Trinajstić information content (AvgIpc) is 2.77. The van der Waals surface area contributed by atoms with Gasteiger partial charge in [-0.2, -0.15) is 8.78 Å². The van der Waals surface area contributed by atoms with Crippen molar-refractivity contribution in [1.29, 1.82) is 0 Å². The maximum absolute atomic E-state index is 13.4. The molecule has 1 atom stereocenters. The number of amides is 2.